The van der Waals surface area contributed by atoms with Crippen LogP contribution in [0, 0.1) is 0 Å². The van der Waals surface area contributed by atoms with Crippen LogP contribution in [0.4, 0.5) is 0 Å². The first kappa shape index (κ1) is 15.0. The molecule has 1 aliphatic rings. The highest BCUT2D eigenvalue weighted by molar-refractivity contribution is 9.10. The maximum absolute atomic E-state index is 12.5. The highest BCUT2D eigenvalue weighted by Crippen LogP contribution is 2.33. The molecule has 0 saturated heterocycles. The van der Waals surface area contributed by atoms with Crippen LogP contribution in [0.2, 0.25) is 0 Å². The number of benzene rings is 1. The van der Waals surface area contributed by atoms with E-state index in [0.29, 0.717) is 15.9 Å². The van der Waals surface area contributed by atoms with Gasteiger partial charge in [0.05, 0.1) is 4.90 Å². The summed E-state index contributed by atoms with van der Waals surface area (Å²) < 4.78 is 28.3. The average Bonchev–Trinajstić information content (AvgIpc) is 2.29. The van der Waals surface area contributed by atoms with Gasteiger partial charge < -0.3 is 5.32 Å². The number of nitrogens with one attached hydrogen (secondary N) is 2. The van der Waals surface area contributed by atoms with Crippen LogP contribution in [0.25, 0.3) is 0 Å². The van der Waals surface area contributed by atoms with Gasteiger partial charge in [0.2, 0.25) is 10.0 Å². The van der Waals surface area contributed by atoms with E-state index in [1.165, 1.54) is 0 Å². The van der Waals surface area contributed by atoms with Crippen LogP contribution in [0.3, 0.4) is 0 Å². The van der Waals surface area contributed by atoms with Gasteiger partial charge in [-0.25, -0.2) is 13.1 Å². The smallest absolute Gasteiger partial charge is 0.242 e. The predicted molar refractivity (Wildman–Crippen MR) is 79.5 cm³/mol. The highest BCUT2D eigenvalue weighted by Gasteiger charge is 2.36. The summed E-state index contributed by atoms with van der Waals surface area (Å²) in [5.41, 5.74) is 0.668. The van der Waals surface area contributed by atoms with Crippen LogP contribution in [0.5, 0.6) is 0 Å². The molecule has 0 unspecified atom stereocenters. The number of hydrogen-bond donors (Lipinski definition) is 2. The zero-order valence-electron chi connectivity index (χ0n) is 11.2. The summed E-state index contributed by atoms with van der Waals surface area (Å²) in [4.78, 5) is 0.313. The zero-order valence-corrected chi connectivity index (χ0v) is 13.6. The summed E-state index contributed by atoms with van der Waals surface area (Å²) in [6, 6.07) is 5.40. The van der Waals surface area contributed by atoms with Crippen molar-refractivity contribution in [2.75, 3.05) is 7.05 Å². The first-order valence-corrected chi connectivity index (χ1v) is 8.61. The van der Waals surface area contributed by atoms with Crippen molar-refractivity contribution in [2.24, 2.45) is 0 Å². The first-order valence-electron chi connectivity index (χ1n) is 6.33. The quantitative estimate of drug-likeness (QED) is 0.860. The van der Waals surface area contributed by atoms with Gasteiger partial charge in [-0.1, -0.05) is 6.07 Å². The van der Waals surface area contributed by atoms with Crippen molar-refractivity contribution < 1.29 is 8.42 Å². The Morgan fingerprint density at radius 2 is 2.05 bits per heavy atom. The molecule has 4 nitrogen and oxygen atoms in total. The molecule has 2 N–H and O–H groups in total. The lowest BCUT2D eigenvalue weighted by molar-refractivity contribution is 0.248. The van der Waals surface area contributed by atoms with Crippen LogP contribution >= 0.6 is 15.9 Å². The van der Waals surface area contributed by atoms with Crippen LogP contribution < -0.4 is 10.0 Å². The van der Waals surface area contributed by atoms with E-state index in [2.05, 4.69) is 26.0 Å². The van der Waals surface area contributed by atoms with E-state index in [1.54, 1.807) is 12.1 Å². The normalized spacial score (nSPS) is 18.1. The minimum absolute atomic E-state index is 0.280. The van der Waals surface area contributed by atoms with E-state index in [-0.39, 0.29) is 5.54 Å². The van der Waals surface area contributed by atoms with Crippen molar-refractivity contribution in [1.82, 2.24) is 10.0 Å². The molecule has 0 heterocycles. The fourth-order valence-corrected chi connectivity index (χ4v) is 4.74. The Morgan fingerprint density at radius 1 is 1.37 bits per heavy atom. The summed E-state index contributed by atoms with van der Waals surface area (Å²) in [5, 5.41) is 3.02. The molecule has 1 aliphatic carbocycles. The minimum atomic E-state index is -3.47. The third-order valence-electron chi connectivity index (χ3n) is 3.50. The molecule has 1 aromatic rings. The molecule has 0 bridgehead atoms. The van der Waals surface area contributed by atoms with Gasteiger partial charge in [-0.05, 0) is 66.9 Å². The third kappa shape index (κ3) is 3.37. The van der Waals surface area contributed by atoms with E-state index in [0.717, 1.165) is 24.8 Å². The van der Waals surface area contributed by atoms with Gasteiger partial charge in [-0.2, -0.15) is 0 Å². The molecule has 0 spiro atoms. The first-order chi connectivity index (χ1) is 8.86. The highest BCUT2D eigenvalue weighted by atomic mass is 79.9. The van der Waals surface area contributed by atoms with Gasteiger partial charge in [-0.3, -0.25) is 0 Å². The van der Waals surface area contributed by atoms with Crippen molar-refractivity contribution >= 4 is 26.0 Å². The second kappa shape index (κ2) is 5.52. The Labute approximate surface area is 123 Å². The average molecular weight is 347 g/mol. The van der Waals surface area contributed by atoms with Gasteiger partial charge in [0.15, 0.2) is 0 Å². The number of halogens is 1. The second-order valence-corrected chi connectivity index (χ2v) is 7.82. The van der Waals surface area contributed by atoms with Crippen LogP contribution in [0.15, 0.2) is 27.6 Å². The molecule has 2 rings (SSSR count). The minimum Gasteiger partial charge on any atom is -0.316 e. The monoisotopic (exact) mass is 346 g/mol. The number of sulfonamides is 1. The van der Waals surface area contributed by atoms with E-state index >= 15 is 0 Å². The largest absolute Gasteiger partial charge is 0.316 e. The molecule has 6 heteroatoms. The van der Waals surface area contributed by atoms with E-state index < -0.39 is 10.0 Å². The van der Waals surface area contributed by atoms with Crippen molar-refractivity contribution in [2.45, 2.75) is 43.2 Å². The van der Waals surface area contributed by atoms with E-state index in [1.807, 2.05) is 20.0 Å². The maximum atomic E-state index is 12.5. The molecule has 106 valence electrons. The standard InChI is InChI=1S/C13H19BrN2O2S/c1-13(6-3-7-13)16-19(17,18)12-8-10(9-15-2)4-5-11(12)14/h4-5,8,15-16H,3,6-7,9H2,1-2H3. The van der Waals surface area contributed by atoms with Crippen molar-refractivity contribution in [3.05, 3.63) is 28.2 Å². The van der Waals surface area contributed by atoms with E-state index in [4.69, 9.17) is 0 Å². The lowest BCUT2D eigenvalue weighted by Gasteiger charge is -2.38. The Balaban J connectivity index is 2.31. The molecule has 0 amide bonds. The fourth-order valence-electron chi connectivity index (χ4n) is 2.26. The summed E-state index contributed by atoms with van der Waals surface area (Å²) in [7, 11) is -1.64. The topological polar surface area (TPSA) is 58.2 Å². The zero-order chi connectivity index (χ0) is 14.1. The predicted octanol–water partition coefficient (Wildman–Crippen LogP) is 2.39. The molecular formula is C13H19BrN2O2S. The third-order valence-corrected chi connectivity index (χ3v) is 6.14. The summed E-state index contributed by atoms with van der Waals surface area (Å²) in [6.07, 6.45) is 2.89. The second-order valence-electron chi connectivity index (χ2n) is 5.31. The Bertz CT molecular complexity index is 568. The summed E-state index contributed by atoms with van der Waals surface area (Å²) >= 11 is 3.33. The van der Waals surface area contributed by atoms with Crippen molar-refractivity contribution in [1.29, 1.82) is 0 Å². The van der Waals surface area contributed by atoms with E-state index in [9.17, 15) is 8.42 Å². The summed E-state index contributed by atoms with van der Waals surface area (Å²) in [5.74, 6) is 0. The molecular weight excluding hydrogens is 328 g/mol. The fraction of sp³-hybridized carbons (Fsp3) is 0.538. The summed E-state index contributed by atoms with van der Waals surface area (Å²) in [6.45, 7) is 2.60. The Kier molecular flexibility index (Phi) is 4.35. The van der Waals surface area contributed by atoms with Crippen LogP contribution in [-0.4, -0.2) is 21.0 Å². The number of rotatable bonds is 5. The molecule has 19 heavy (non-hydrogen) atoms. The van der Waals surface area contributed by atoms with Crippen molar-refractivity contribution in [3.63, 3.8) is 0 Å². The van der Waals surface area contributed by atoms with Gasteiger partial charge in [0.1, 0.15) is 0 Å². The molecule has 1 aromatic carbocycles. The maximum Gasteiger partial charge on any atom is 0.242 e. The lowest BCUT2D eigenvalue weighted by atomic mass is 9.80. The Morgan fingerprint density at radius 3 is 2.58 bits per heavy atom. The van der Waals surface area contributed by atoms with Crippen LogP contribution in [-0.2, 0) is 16.6 Å². The van der Waals surface area contributed by atoms with Crippen molar-refractivity contribution in [3.8, 4) is 0 Å². The molecule has 0 atom stereocenters. The molecule has 1 saturated carbocycles. The molecule has 1 fully saturated rings. The lowest BCUT2D eigenvalue weighted by Crippen LogP contribution is -2.50. The molecule has 0 aliphatic heterocycles. The van der Waals surface area contributed by atoms with Gasteiger partial charge in [0.25, 0.3) is 0 Å². The van der Waals surface area contributed by atoms with Gasteiger partial charge >= 0.3 is 0 Å². The molecule has 0 aromatic heterocycles. The van der Waals surface area contributed by atoms with Gasteiger partial charge in [0, 0.05) is 16.6 Å². The molecule has 0 radical (unpaired) electrons. The SMILES string of the molecule is CNCc1ccc(Br)c(S(=O)(=O)NC2(C)CCC2)c1. The van der Waals surface area contributed by atoms with Gasteiger partial charge in [-0.15, -0.1) is 0 Å². The Hall–Kier alpha value is -0.430. The van der Waals surface area contributed by atoms with Crippen LogP contribution in [0.1, 0.15) is 31.7 Å². The number of hydrogen-bond acceptors (Lipinski definition) is 3.